The molecule has 1 atom stereocenters. The molecule has 0 bridgehead atoms. The minimum Gasteiger partial charge on any atom is -0.360 e. The first kappa shape index (κ1) is 16.4. The first-order chi connectivity index (χ1) is 13.8. The number of hydrogen-bond donors (Lipinski definition) is 1. The van der Waals surface area contributed by atoms with E-state index in [0.29, 0.717) is 12.0 Å². The van der Waals surface area contributed by atoms with Crippen molar-refractivity contribution in [2.45, 2.75) is 12.5 Å². The number of carbonyl (C=O) groups is 1. The van der Waals surface area contributed by atoms with Crippen molar-refractivity contribution in [3.8, 4) is 0 Å². The molecule has 0 saturated carbocycles. The third kappa shape index (κ3) is 2.77. The topological polar surface area (TPSA) is 61.4 Å². The number of H-pyrrole nitrogens is 1. The second-order valence-electron chi connectivity index (χ2n) is 6.81. The zero-order valence-corrected chi connectivity index (χ0v) is 15.1. The lowest BCUT2D eigenvalue weighted by molar-refractivity contribution is 0.0711. The van der Waals surface area contributed by atoms with Crippen LogP contribution in [0.25, 0.3) is 10.9 Å². The maximum atomic E-state index is 13.2. The Kier molecular flexibility index (Phi) is 3.98. The highest BCUT2D eigenvalue weighted by molar-refractivity contribution is 6.12. The molecule has 2 aromatic heterocycles. The molecule has 5 rings (SSSR count). The van der Waals surface area contributed by atoms with Gasteiger partial charge < -0.3 is 4.98 Å². The average molecular weight is 366 g/mol. The molecule has 1 N–H and O–H groups in total. The summed E-state index contributed by atoms with van der Waals surface area (Å²) in [6.45, 7) is 0. The molecule has 28 heavy (non-hydrogen) atoms. The van der Waals surface area contributed by atoms with Crippen molar-refractivity contribution in [1.82, 2.24) is 15.0 Å². The Labute approximate surface area is 162 Å². The fraction of sp³-hybridized carbons (Fsp3) is 0.0870. The van der Waals surface area contributed by atoms with Crippen LogP contribution in [0.4, 0.5) is 0 Å². The number of nitrogens with zero attached hydrogens (tertiary/aromatic N) is 3. The maximum Gasteiger partial charge on any atom is 0.274 e. The number of hydrazone groups is 1. The molecule has 1 amide bonds. The minimum absolute atomic E-state index is 0.119. The molecule has 3 heterocycles. The van der Waals surface area contributed by atoms with Gasteiger partial charge in [0.25, 0.3) is 5.91 Å². The average Bonchev–Trinajstić information content (AvgIpc) is 3.39. The summed E-state index contributed by atoms with van der Waals surface area (Å²) in [6.07, 6.45) is 5.91. The van der Waals surface area contributed by atoms with Crippen LogP contribution in [-0.4, -0.2) is 26.6 Å². The van der Waals surface area contributed by atoms with Crippen molar-refractivity contribution in [3.63, 3.8) is 0 Å². The Morgan fingerprint density at radius 3 is 2.54 bits per heavy atom. The van der Waals surface area contributed by atoms with Gasteiger partial charge in [0.1, 0.15) is 0 Å². The van der Waals surface area contributed by atoms with Crippen molar-refractivity contribution in [2.75, 3.05) is 0 Å². The Morgan fingerprint density at radius 1 is 0.964 bits per heavy atom. The van der Waals surface area contributed by atoms with Crippen LogP contribution in [0.15, 0.2) is 90.4 Å². The van der Waals surface area contributed by atoms with Crippen LogP contribution in [-0.2, 0) is 0 Å². The number of hydrogen-bond acceptors (Lipinski definition) is 3. The van der Waals surface area contributed by atoms with Crippen molar-refractivity contribution in [2.24, 2.45) is 5.10 Å². The van der Waals surface area contributed by atoms with Gasteiger partial charge >= 0.3 is 0 Å². The molecule has 4 aromatic rings. The van der Waals surface area contributed by atoms with Gasteiger partial charge in [-0.3, -0.25) is 9.78 Å². The third-order valence-corrected chi connectivity index (χ3v) is 5.13. The number of nitrogens with one attached hydrogen (secondary N) is 1. The number of rotatable bonds is 3. The van der Waals surface area contributed by atoms with Gasteiger partial charge in [0, 0.05) is 47.0 Å². The molecule has 0 saturated heterocycles. The SMILES string of the molecule is O=C(c1ccncc1)N1N=C(c2c[nH]c3ccccc23)CC1c1ccccc1. The van der Waals surface area contributed by atoms with Crippen LogP contribution < -0.4 is 0 Å². The fourth-order valence-electron chi connectivity index (χ4n) is 3.73. The lowest BCUT2D eigenvalue weighted by Crippen LogP contribution is -2.27. The van der Waals surface area contributed by atoms with Gasteiger partial charge in [-0.1, -0.05) is 48.5 Å². The van der Waals surface area contributed by atoms with E-state index in [9.17, 15) is 4.79 Å². The number of carbonyl (C=O) groups excluding carboxylic acids is 1. The standard InChI is InChI=1S/C23H18N4O/c28-23(17-10-12-24-13-11-17)27-22(16-6-2-1-3-7-16)14-21(26-27)19-15-25-20-9-5-4-8-18(19)20/h1-13,15,22,25H,14H2. The predicted molar refractivity (Wildman–Crippen MR) is 109 cm³/mol. The summed E-state index contributed by atoms with van der Waals surface area (Å²) >= 11 is 0. The number of para-hydroxylation sites is 1. The smallest absolute Gasteiger partial charge is 0.274 e. The summed E-state index contributed by atoms with van der Waals surface area (Å²) in [5.74, 6) is -0.119. The fourth-order valence-corrected chi connectivity index (χ4v) is 3.73. The molecule has 0 aliphatic carbocycles. The molecule has 2 aromatic carbocycles. The summed E-state index contributed by atoms with van der Waals surface area (Å²) in [5, 5.41) is 7.50. The number of amides is 1. The summed E-state index contributed by atoms with van der Waals surface area (Å²) in [6, 6.07) is 21.5. The summed E-state index contributed by atoms with van der Waals surface area (Å²) in [5.41, 5.74) is 4.67. The monoisotopic (exact) mass is 366 g/mol. The molecule has 5 heteroatoms. The molecule has 5 nitrogen and oxygen atoms in total. The van der Waals surface area contributed by atoms with Crippen molar-refractivity contribution >= 4 is 22.5 Å². The Hall–Kier alpha value is -3.73. The number of aromatic nitrogens is 2. The van der Waals surface area contributed by atoms with Crippen LogP contribution >= 0.6 is 0 Å². The highest BCUT2D eigenvalue weighted by Gasteiger charge is 2.34. The highest BCUT2D eigenvalue weighted by atomic mass is 16.2. The Morgan fingerprint density at radius 2 is 1.71 bits per heavy atom. The van der Waals surface area contributed by atoms with Gasteiger partial charge in [0.05, 0.1) is 11.8 Å². The molecule has 0 fully saturated rings. The second kappa shape index (κ2) is 6.78. The zero-order valence-electron chi connectivity index (χ0n) is 15.1. The van der Waals surface area contributed by atoms with Gasteiger partial charge in [-0.15, -0.1) is 0 Å². The Bertz CT molecular complexity index is 1160. The molecular weight excluding hydrogens is 348 g/mol. The van der Waals surface area contributed by atoms with Crippen LogP contribution in [0.3, 0.4) is 0 Å². The predicted octanol–water partition coefficient (Wildman–Crippen LogP) is 4.55. The molecular formula is C23H18N4O. The number of pyridine rings is 1. The van der Waals surface area contributed by atoms with E-state index in [2.05, 4.69) is 16.0 Å². The molecule has 1 aliphatic heterocycles. The summed E-state index contributed by atoms with van der Waals surface area (Å²) in [7, 11) is 0. The summed E-state index contributed by atoms with van der Waals surface area (Å²) < 4.78 is 0. The quantitative estimate of drug-likeness (QED) is 0.578. The molecule has 0 radical (unpaired) electrons. The van der Waals surface area contributed by atoms with E-state index >= 15 is 0 Å². The van der Waals surface area contributed by atoms with E-state index < -0.39 is 0 Å². The molecule has 0 spiro atoms. The van der Waals surface area contributed by atoms with E-state index in [0.717, 1.165) is 27.7 Å². The van der Waals surface area contributed by atoms with Gasteiger partial charge in [-0.05, 0) is 23.8 Å². The van der Waals surface area contributed by atoms with Gasteiger partial charge in [-0.25, -0.2) is 5.01 Å². The number of benzene rings is 2. The van der Waals surface area contributed by atoms with Crippen molar-refractivity contribution in [1.29, 1.82) is 0 Å². The molecule has 1 unspecified atom stereocenters. The van der Waals surface area contributed by atoms with E-state index in [4.69, 9.17) is 5.10 Å². The third-order valence-electron chi connectivity index (χ3n) is 5.13. The van der Waals surface area contributed by atoms with E-state index in [-0.39, 0.29) is 11.9 Å². The minimum atomic E-state index is -0.134. The highest BCUT2D eigenvalue weighted by Crippen LogP contribution is 2.35. The van der Waals surface area contributed by atoms with Crippen molar-refractivity contribution in [3.05, 3.63) is 102 Å². The first-order valence-corrected chi connectivity index (χ1v) is 9.24. The second-order valence-corrected chi connectivity index (χ2v) is 6.81. The maximum absolute atomic E-state index is 13.2. The van der Waals surface area contributed by atoms with Crippen LogP contribution in [0, 0.1) is 0 Å². The molecule has 136 valence electrons. The number of fused-ring (bicyclic) bond motifs is 1. The van der Waals surface area contributed by atoms with E-state index in [1.165, 1.54) is 0 Å². The largest absolute Gasteiger partial charge is 0.360 e. The zero-order chi connectivity index (χ0) is 18.9. The van der Waals surface area contributed by atoms with Crippen molar-refractivity contribution < 1.29 is 4.79 Å². The van der Waals surface area contributed by atoms with E-state index in [1.807, 2.05) is 54.7 Å². The van der Waals surface area contributed by atoms with Crippen LogP contribution in [0.5, 0.6) is 0 Å². The summed E-state index contributed by atoms with van der Waals surface area (Å²) in [4.78, 5) is 20.5. The first-order valence-electron chi connectivity index (χ1n) is 9.24. The Balaban J connectivity index is 1.59. The van der Waals surface area contributed by atoms with Crippen LogP contribution in [0.2, 0.25) is 0 Å². The lowest BCUT2D eigenvalue weighted by Gasteiger charge is -2.22. The number of aromatic amines is 1. The molecule has 1 aliphatic rings. The lowest BCUT2D eigenvalue weighted by atomic mass is 9.98. The van der Waals surface area contributed by atoms with E-state index in [1.54, 1.807) is 29.5 Å². The van der Waals surface area contributed by atoms with Gasteiger partial charge in [0.15, 0.2) is 0 Å². The van der Waals surface area contributed by atoms with Gasteiger partial charge in [0.2, 0.25) is 0 Å². The van der Waals surface area contributed by atoms with Gasteiger partial charge in [-0.2, -0.15) is 5.10 Å². The van der Waals surface area contributed by atoms with Crippen LogP contribution in [0.1, 0.15) is 33.9 Å². The normalized spacial score (nSPS) is 16.4.